The first-order chi connectivity index (χ1) is 19.3. The summed E-state index contributed by atoms with van der Waals surface area (Å²) in [5, 5.41) is 8.38. The third-order valence-electron chi connectivity index (χ3n) is 7.33. The van der Waals surface area contributed by atoms with Crippen LogP contribution in [0.4, 0.5) is 5.69 Å². The molecule has 0 amide bonds. The van der Waals surface area contributed by atoms with Crippen LogP contribution < -0.4 is 10.1 Å². The third kappa shape index (κ3) is 6.47. The van der Waals surface area contributed by atoms with E-state index in [1.165, 1.54) is 37.1 Å². The van der Waals surface area contributed by atoms with E-state index in [2.05, 4.69) is 95.1 Å². The Kier molecular flexibility index (Phi) is 7.82. The Labute approximate surface area is 230 Å². The highest BCUT2D eigenvalue weighted by Gasteiger charge is 2.12. The molecule has 1 aliphatic rings. The summed E-state index contributed by atoms with van der Waals surface area (Å²) in [5.41, 5.74) is 6.63. The van der Waals surface area contributed by atoms with Crippen LogP contribution in [0, 0.1) is 0 Å². The summed E-state index contributed by atoms with van der Waals surface area (Å²) in [6, 6.07) is 33.6. The fourth-order valence-electron chi connectivity index (χ4n) is 5.18. The van der Waals surface area contributed by atoms with Gasteiger partial charge in [0.2, 0.25) is 0 Å². The van der Waals surface area contributed by atoms with Crippen molar-refractivity contribution in [1.82, 2.24) is 19.5 Å². The first kappa shape index (κ1) is 25.1. The van der Waals surface area contributed by atoms with E-state index in [1.54, 1.807) is 0 Å². The van der Waals surface area contributed by atoms with Crippen molar-refractivity contribution in [2.75, 3.05) is 38.1 Å². The lowest BCUT2D eigenvalue weighted by molar-refractivity contribution is 0.238. The molecule has 6 heteroatoms. The minimum Gasteiger partial charge on any atom is -0.492 e. The molecular weight excluding hydrogens is 482 g/mol. The van der Waals surface area contributed by atoms with Gasteiger partial charge >= 0.3 is 0 Å². The molecule has 1 aliphatic heterocycles. The SMILES string of the molecule is c1ccc(CCNc2ccc(-c3cccc4nc(Cc5ccc(OCCN6CCCC6)cc5)nn34)cc2)cc1. The van der Waals surface area contributed by atoms with Crippen molar-refractivity contribution in [3.8, 4) is 17.0 Å². The van der Waals surface area contributed by atoms with E-state index >= 15 is 0 Å². The number of hydrogen-bond donors (Lipinski definition) is 1. The lowest BCUT2D eigenvalue weighted by atomic mass is 10.1. The molecule has 0 unspecified atom stereocenters. The molecule has 0 atom stereocenters. The Morgan fingerprint density at radius 1 is 0.769 bits per heavy atom. The number of benzene rings is 3. The van der Waals surface area contributed by atoms with Crippen LogP contribution in [-0.4, -0.2) is 52.3 Å². The minimum atomic E-state index is 0.680. The van der Waals surface area contributed by atoms with Gasteiger partial charge in [0.15, 0.2) is 11.5 Å². The van der Waals surface area contributed by atoms with Crippen LogP contribution in [0.1, 0.15) is 29.8 Å². The molecule has 1 N–H and O–H groups in total. The summed E-state index contributed by atoms with van der Waals surface area (Å²) in [4.78, 5) is 7.27. The monoisotopic (exact) mass is 517 g/mol. The van der Waals surface area contributed by atoms with Gasteiger partial charge in [-0.3, -0.25) is 4.90 Å². The normalized spacial score (nSPS) is 13.6. The quantitative estimate of drug-likeness (QED) is 0.229. The Morgan fingerprint density at radius 2 is 1.56 bits per heavy atom. The van der Waals surface area contributed by atoms with Gasteiger partial charge < -0.3 is 10.1 Å². The number of anilines is 1. The van der Waals surface area contributed by atoms with Crippen molar-refractivity contribution in [2.45, 2.75) is 25.7 Å². The number of ether oxygens (including phenoxy) is 1. The molecule has 3 heterocycles. The van der Waals surface area contributed by atoms with E-state index in [-0.39, 0.29) is 0 Å². The molecule has 198 valence electrons. The Balaban J connectivity index is 1.07. The van der Waals surface area contributed by atoms with E-state index in [4.69, 9.17) is 14.8 Å². The Morgan fingerprint density at radius 3 is 2.36 bits per heavy atom. The molecule has 5 aromatic rings. The van der Waals surface area contributed by atoms with Gasteiger partial charge in [0, 0.05) is 30.8 Å². The standard InChI is InChI=1S/C33H35N5O/c1-2-7-26(8-3-1)19-20-34-29-15-13-28(14-16-29)31-9-6-10-33-35-32(36-38(31)33)25-27-11-17-30(18-12-27)39-24-23-37-21-4-5-22-37/h1-3,6-18,34H,4-5,19-25H2. The molecule has 39 heavy (non-hydrogen) atoms. The molecule has 6 rings (SSSR count). The van der Waals surface area contributed by atoms with E-state index in [0.717, 1.165) is 60.3 Å². The summed E-state index contributed by atoms with van der Waals surface area (Å²) in [7, 11) is 0. The second kappa shape index (κ2) is 12.1. The first-order valence-electron chi connectivity index (χ1n) is 14.0. The fraction of sp³-hybridized carbons (Fsp3) is 0.273. The molecule has 0 radical (unpaired) electrons. The lowest BCUT2D eigenvalue weighted by Gasteiger charge is -2.14. The number of likely N-dealkylation sites (tertiary alicyclic amines) is 1. The molecule has 1 fully saturated rings. The van der Waals surface area contributed by atoms with E-state index < -0.39 is 0 Å². The van der Waals surface area contributed by atoms with Crippen molar-refractivity contribution in [2.24, 2.45) is 0 Å². The first-order valence-corrected chi connectivity index (χ1v) is 14.0. The molecule has 0 spiro atoms. The van der Waals surface area contributed by atoms with Crippen LogP contribution in [0.5, 0.6) is 5.75 Å². The zero-order chi connectivity index (χ0) is 26.3. The summed E-state index contributed by atoms with van der Waals surface area (Å²) >= 11 is 0. The van der Waals surface area contributed by atoms with Gasteiger partial charge in [-0.15, -0.1) is 0 Å². The lowest BCUT2D eigenvalue weighted by Crippen LogP contribution is -2.25. The average Bonchev–Trinajstić information content (AvgIpc) is 3.65. The van der Waals surface area contributed by atoms with Gasteiger partial charge in [-0.1, -0.05) is 60.7 Å². The zero-order valence-electron chi connectivity index (χ0n) is 22.3. The molecule has 0 bridgehead atoms. The van der Waals surface area contributed by atoms with E-state index in [1.807, 2.05) is 16.6 Å². The van der Waals surface area contributed by atoms with Gasteiger partial charge in [-0.25, -0.2) is 9.50 Å². The molecule has 1 saturated heterocycles. The number of rotatable bonds is 11. The Bertz CT molecular complexity index is 1470. The maximum absolute atomic E-state index is 5.95. The minimum absolute atomic E-state index is 0.680. The summed E-state index contributed by atoms with van der Waals surface area (Å²) in [5.74, 6) is 1.73. The van der Waals surface area contributed by atoms with E-state index in [0.29, 0.717) is 6.42 Å². The molecular formula is C33H35N5O. The van der Waals surface area contributed by atoms with Gasteiger partial charge in [0.05, 0.1) is 5.69 Å². The number of pyridine rings is 1. The predicted octanol–water partition coefficient (Wildman–Crippen LogP) is 6.12. The Hall–Kier alpha value is -4.16. The van der Waals surface area contributed by atoms with Crippen molar-refractivity contribution < 1.29 is 4.74 Å². The van der Waals surface area contributed by atoms with Crippen LogP contribution in [0.15, 0.2) is 97.1 Å². The van der Waals surface area contributed by atoms with Crippen LogP contribution in [0.25, 0.3) is 16.9 Å². The average molecular weight is 518 g/mol. The maximum atomic E-state index is 5.95. The van der Waals surface area contributed by atoms with E-state index in [9.17, 15) is 0 Å². The van der Waals surface area contributed by atoms with Crippen LogP contribution in [0.3, 0.4) is 0 Å². The number of nitrogens with zero attached hydrogens (tertiary/aromatic N) is 4. The molecule has 6 nitrogen and oxygen atoms in total. The second-order valence-electron chi connectivity index (χ2n) is 10.2. The van der Waals surface area contributed by atoms with Gasteiger partial charge in [0.25, 0.3) is 0 Å². The van der Waals surface area contributed by atoms with Crippen molar-refractivity contribution in [3.05, 3.63) is 114 Å². The molecule has 3 aromatic carbocycles. The molecule has 0 aliphatic carbocycles. The van der Waals surface area contributed by atoms with Gasteiger partial charge in [-0.2, -0.15) is 5.10 Å². The zero-order valence-corrected chi connectivity index (χ0v) is 22.3. The van der Waals surface area contributed by atoms with Crippen molar-refractivity contribution in [1.29, 1.82) is 0 Å². The molecule has 2 aromatic heterocycles. The number of aromatic nitrogens is 3. The molecule has 0 saturated carbocycles. The van der Waals surface area contributed by atoms with Gasteiger partial charge in [-0.05, 0) is 79.9 Å². The summed E-state index contributed by atoms with van der Waals surface area (Å²) in [6.45, 7) is 5.04. The number of nitrogens with one attached hydrogen (secondary N) is 1. The third-order valence-corrected chi connectivity index (χ3v) is 7.33. The maximum Gasteiger partial charge on any atom is 0.156 e. The number of hydrogen-bond acceptors (Lipinski definition) is 5. The highest BCUT2D eigenvalue weighted by molar-refractivity contribution is 5.65. The highest BCUT2D eigenvalue weighted by Crippen LogP contribution is 2.23. The van der Waals surface area contributed by atoms with Crippen molar-refractivity contribution >= 4 is 11.3 Å². The predicted molar refractivity (Wildman–Crippen MR) is 157 cm³/mol. The van der Waals surface area contributed by atoms with Crippen LogP contribution in [0.2, 0.25) is 0 Å². The summed E-state index contributed by atoms with van der Waals surface area (Å²) < 4.78 is 7.90. The topological polar surface area (TPSA) is 54.7 Å². The van der Waals surface area contributed by atoms with Crippen molar-refractivity contribution in [3.63, 3.8) is 0 Å². The van der Waals surface area contributed by atoms with Gasteiger partial charge in [0.1, 0.15) is 12.4 Å². The largest absolute Gasteiger partial charge is 0.492 e. The van der Waals surface area contributed by atoms with Crippen LogP contribution >= 0.6 is 0 Å². The van der Waals surface area contributed by atoms with Crippen LogP contribution in [-0.2, 0) is 12.8 Å². The second-order valence-corrected chi connectivity index (χ2v) is 10.2. The fourth-order valence-corrected chi connectivity index (χ4v) is 5.18. The number of fused-ring (bicyclic) bond motifs is 1. The highest BCUT2D eigenvalue weighted by atomic mass is 16.5. The summed E-state index contributed by atoms with van der Waals surface area (Å²) in [6.07, 6.45) is 4.30. The smallest absolute Gasteiger partial charge is 0.156 e.